The average Bonchev–Trinajstić information content (AvgIpc) is 2.69. The Hall–Kier alpha value is -2.96. The molecule has 2 amide bonds. The largest absolute Gasteiger partial charge is 0.365 e. The van der Waals surface area contributed by atoms with Crippen molar-refractivity contribution in [3.8, 4) is 0 Å². The van der Waals surface area contributed by atoms with Crippen LogP contribution in [0.1, 0.15) is 37.5 Å². The molecule has 1 saturated heterocycles. The van der Waals surface area contributed by atoms with Crippen molar-refractivity contribution in [2.24, 2.45) is 0 Å². The van der Waals surface area contributed by atoms with Crippen molar-refractivity contribution in [3.05, 3.63) is 69.8 Å². The van der Waals surface area contributed by atoms with E-state index >= 15 is 0 Å². The monoisotopic (exact) mass is 465 g/mol. The van der Waals surface area contributed by atoms with Crippen LogP contribution in [0.4, 0.5) is 11.4 Å². The van der Waals surface area contributed by atoms with Gasteiger partial charge in [0, 0.05) is 23.3 Å². The Morgan fingerprint density at radius 2 is 1.84 bits per heavy atom. The first-order chi connectivity index (χ1) is 15.0. The quantitative estimate of drug-likeness (QED) is 0.380. The number of hydrogen-bond donors (Lipinski definition) is 1. The van der Waals surface area contributed by atoms with Gasteiger partial charge in [-0.1, -0.05) is 23.7 Å². The van der Waals surface area contributed by atoms with Crippen molar-refractivity contribution in [2.75, 3.05) is 16.8 Å². The lowest BCUT2D eigenvalue weighted by Crippen LogP contribution is -2.54. The van der Waals surface area contributed by atoms with Crippen molar-refractivity contribution < 1.29 is 9.59 Å². The Bertz CT molecular complexity index is 1250. The van der Waals surface area contributed by atoms with Crippen molar-refractivity contribution in [3.63, 3.8) is 0 Å². The molecule has 1 fully saturated rings. The second kappa shape index (κ2) is 7.87. The first kappa shape index (κ1) is 22.2. The summed E-state index contributed by atoms with van der Waals surface area (Å²) >= 11 is 11.4. The van der Waals surface area contributed by atoms with E-state index in [-0.39, 0.29) is 16.2 Å². The minimum absolute atomic E-state index is 0.0211. The van der Waals surface area contributed by atoms with Crippen LogP contribution in [0.15, 0.2) is 48.0 Å². The van der Waals surface area contributed by atoms with E-state index in [9.17, 15) is 9.59 Å². The molecule has 5 nitrogen and oxygen atoms in total. The molecular formula is C25H24ClN3O2S. The highest BCUT2D eigenvalue weighted by atomic mass is 35.5. The number of carbonyl (C=O) groups excluding carboxylic acids is 2. The number of nitrogens with one attached hydrogen (secondary N) is 1. The van der Waals surface area contributed by atoms with Gasteiger partial charge in [-0.05, 0) is 93.0 Å². The maximum atomic E-state index is 13.3. The summed E-state index contributed by atoms with van der Waals surface area (Å²) in [6, 6.07) is 10.9. The number of nitrogens with zero attached hydrogens (tertiary/aromatic N) is 2. The average molecular weight is 466 g/mol. The molecule has 1 N–H and O–H groups in total. The van der Waals surface area contributed by atoms with Gasteiger partial charge in [0.2, 0.25) is 0 Å². The zero-order valence-corrected chi connectivity index (χ0v) is 20.2. The van der Waals surface area contributed by atoms with Crippen LogP contribution in [0.3, 0.4) is 0 Å². The summed E-state index contributed by atoms with van der Waals surface area (Å²) in [5, 5.41) is 3.13. The Labute approximate surface area is 198 Å². The van der Waals surface area contributed by atoms with Gasteiger partial charge in [0.05, 0.1) is 11.2 Å². The number of carbonyl (C=O) groups is 2. The number of anilines is 2. The molecule has 0 aromatic heterocycles. The third kappa shape index (κ3) is 3.74. The van der Waals surface area contributed by atoms with E-state index in [1.54, 1.807) is 30.3 Å². The van der Waals surface area contributed by atoms with E-state index < -0.39 is 11.8 Å². The molecule has 0 bridgehead atoms. The summed E-state index contributed by atoms with van der Waals surface area (Å²) in [5.41, 5.74) is 5.56. The highest BCUT2D eigenvalue weighted by molar-refractivity contribution is 7.80. The van der Waals surface area contributed by atoms with Gasteiger partial charge in [0.15, 0.2) is 5.11 Å². The second-order valence-electron chi connectivity index (χ2n) is 8.70. The number of amides is 2. The number of halogens is 1. The summed E-state index contributed by atoms with van der Waals surface area (Å²) in [7, 11) is 2.07. The molecule has 7 heteroatoms. The molecule has 0 saturated carbocycles. The smallest absolute Gasteiger partial charge is 0.270 e. The van der Waals surface area contributed by atoms with Gasteiger partial charge in [-0.2, -0.15) is 0 Å². The SMILES string of the molecule is CC1=CC(C)(C)N(C)c2cc(C)c(/C=C3/C(=O)NC(=S)N(c4cccc(Cl)c4)C3=O)cc21. The molecule has 0 aliphatic carbocycles. The first-order valence-electron chi connectivity index (χ1n) is 10.2. The van der Waals surface area contributed by atoms with Gasteiger partial charge in [0.1, 0.15) is 5.57 Å². The van der Waals surface area contributed by atoms with E-state index in [1.165, 1.54) is 4.90 Å². The normalized spacial score (nSPS) is 19.1. The number of aryl methyl sites for hydroxylation is 1. The van der Waals surface area contributed by atoms with Crippen LogP contribution in [-0.4, -0.2) is 29.5 Å². The number of allylic oxidation sites excluding steroid dienone is 1. The first-order valence-corrected chi connectivity index (χ1v) is 11.0. The third-order valence-electron chi connectivity index (χ3n) is 6.07. The molecule has 2 heterocycles. The van der Waals surface area contributed by atoms with Crippen LogP contribution in [0.2, 0.25) is 5.02 Å². The van der Waals surface area contributed by atoms with Crippen molar-refractivity contribution >= 4 is 63.8 Å². The summed E-state index contributed by atoms with van der Waals surface area (Å²) < 4.78 is 0. The summed E-state index contributed by atoms with van der Waals surface area (Å²) in [5.74, 6) is -0.996. The zero-order valence-electron chi connectivity index (χ0n) is 18.6. The Morgan fingerprint density at radius 1 is 1.12 bits per heavy atom. The lowest BCUT2D eigenvalue weighted by molar-refractivity contribution is -0.122. The Morgan fingerprint density at radius 3 is 2.53 bits per heavy atom. The Balaban J connectivity index is 1.80. The van der Waals surface area contributed by atoms with E-state index in [0.717, 1.165) is 28.0 Å². The predicted octanol–water partition coefficient (Wildman–Crippen LogP) is 5.11. The molecule has 2 aliphatic rings. The number of thiocarbonyl (C=S) groups is 1. The molecule has 2 aromatic rings. The van der Waals surface area contributed by atoms with Crippen LogP contribution in [0.5, 0.6) is 0 Å². The number of likely N-dealkylation sites (N-methyl/N-ethyl adjacent to an activating group) is 1. The van der Waals surface area contributed by atoms with E-state index in [2.05, 4.69) is 50.2 Å². The van der Waals surface area contributed by atoms with E-state index in [0.29, 0.717) is 10.7 Å². The second-order valence-corrected chi connectivity index (χ2v) is 9.53. The highest BCUT2D eigenvalue weighted by Crippen LogP contribution is 2.39. The van der Waals surface area contributed by atoms with Crippen molar-refractivity contribution in [2.45, 2.75) is 33.2 Å². The molecule has 164 valence electrons. The standard InChI is InChI=1S/C25H24ClN3O2S/c1-14-9-21-19(15(2)13-25(3,4)28(21)5)10-16(14)11-20-22(30)27-24(32)29(23(20)31)18-8-6-7-17(26)12-18/h6-13H,1-5H3,(H,27,30,32)/b20-11-. The molecule has 2 aromatic carbocycles. The maximum Gasteiger partial charge on any atom is 0.270 e. The van der Waals surface area contributed by atoms with Crippen molar-refractivity contribution in [1.82, 2.24) is 5.32 Å². The van der Waals surface area contributed by atoms with Crippen LogP contribution in [-0.2, 0) is 9.59 Å². The fourth-order valence-electron chi connectivity index (χ4n) is 4.14. The topological polar surface area (TPSA) is 52.7 Å². The predicted molar refractivity (Wildman–Crippen MR) is 135 cm³/mol. The number of fused-ring (bicyclic) bond motifs is 1. The number of rotatable bonds is 2. The highest BCUT2D eigenvalue weighted by Gasteiger charge is 2.35. The molecule has 0 atom stereocenters. The van der Waals surface area contributed by atoms with Crippen molar-refractivity contribution in [1.29, 1.82) is 0 Å². The van der Waals surface area contributed by atoms with Crippen LogP contribution in [0, 0.1) is 6.92 Å². The van der Waals surface area contributed by atoms with Crippen LogP contribution in [0.25, 0.3) is 11.6 Å². The number of benzene rings is 2. The Kier molecular flexibility index (Phi) is 5.47. The maximum absolute atomic E-state index is 13.3. The van der Waals surface area contributed by atoms with Gasteiger partial charge in [-0.3, -0.25) is 19.8 Å². The van der Waals surface area contributed by atoms with Gasteiger partial charge in [-0.25, -0.2) is 0 Å². The minimum Gasteiger partial charge on any atom is -0.365 e. The molecule has 0 unspecified atom stereocenters. The lowest BCUT2D eigenvalue weighted by atomic mass is 9.87. The fourth-order valence-corrected chi connectivity index (χ4v) is 4.60. The molecule has 0 spiro atoms. The fraction of sp³-hybridized carbons (Fsp3) is 0.240. The molecule has 2 aliphatic heterocycles. The van der Waals surface area contributed by atoms with Crippen LogP contribution >= 0.6 is 23.8 Å². The minimum atomic E-state index is -0.513. The van der Waals surface area contributed by atoms with Gasteiger partial charge < -0.3 is 4.90 Å². The van der Waals surface area contributed by atoms with Crippen LogP contribution < -0.4 is 15.1 Å². The lowest BCUT2D eigenvalue weighted by Gasteiger charge is -2.41. The summed E-state index contributed by atoms with van der Waals surface area (Å²) in [4.78, 5) is 29.5. The van der Waals surface area contributed by atoms with Gasteiger partial charge in [-0.15, -0.1) is 0 Å². The third-order valence-corrected chi connectivity index (χ3v) is 6.59. The van der Waals surface area contributed by atoms with Gasteiger partial charge >= 0.3 is 0 Å². The molecule has 4 rings (SSSR count). The number of hydrogen-bond acceptors (Lipinski definition) is 4. The summed E-state index contributed by atoms with van der Waals surface area (Å²) in [6.07, 6.45) is 3.86. The van der Waals surface area contributed by atoms with Gasteiger partial charge in [0.25, 0.3) is 11.8 Å². The van der Waals surface area contributed by atoms with E-state index in [4.69, 9.17) is 23.8 Å². The van der Waals surface area contributed by atoms with E-state index in [1.807, 2.05) is 13.0 Å². The molecule has 32 heavy (non-hydrogen) atoms. The molecular weight excluding hydrogens is 442 g/mol. The zero-order chi connectivity index (χ0) is 23.4. The summed E-state index contributed by atoms with van der Waals surface area (Å²) in [6.45, 7) is 8.40. The molecule has 0 radical (unpaired) electrons.